The van der Waals surface area contributed by atoms with Crippen LogP contribution in [-0.2, 0) is 0 Å². The number of aromatic nitrogens is 1. The zero-order valence-corrected chi connectivity index (χ0v) is 5.13. The first kappa shape index (κ1) is 4.71. The molecule has 0 radical (unpaired) electrons. The van der Waals surface area contributed by atoms with Gasteiger partial charge in [-0.05, 0) is 12.1 Å². The van der Waals surface area contributed by atoms with Crippen molar-refractivity contribution in [2.45, 2.75) is 0 Å². The van der Waals surface area contributed by atoms with Gasteiger partial charge in [-0.3, -0.25) is 0 Å². The number of hydrogen-bond donors (Lipinski definition) is 0. The highest BCUT2D eigenvalue weighted by atomic mass is 79.9. The van der Waals surface area contributed by atoms with E-state index in [1.54, 1.807) is 17.1 Å². The Hall–Kier alpha value is -0.440. The van der Waals surface area contributed by atoms with E-state index in [4.69, 9.17) is 0 Å². The Labute approximate surface area is 50.1 Å². The van der Waals surface area contributed by atoms with Crippen LogP contribution >= 0.6 is 16.3 Å². The fraction of sp³-hybridized carbons (Fsp3) is 0. The highest BCUT2D eigenvalue weighted by Crippen LogP contribution is 1.86. The lowest BCUT2D eigenvalue weighted by atomic mass is 10.7. The highest BCUT2D eigenvalue weighted by Gasteiger charge is 1.77. The molecule has 1 aromatic heterocycles. The van der Waals surface area contributed by atoms with Crippen molar-refractivity contribution < 1.29 is 3.93 Å². The van der Waals surface area contributed by atoms with Crippen LogP contribution in [0.15, 0.2) is 24.5 Å². The van der Waals surface area contributed by atoms with Crippen molar-refractivity contribution in [3.8, 4) is 0 Å². The SMILES string of the molecule is BrOn1cccc1. The summed E-state index contributed by atoms with van der Waals surface area (Å²) >= 11 is 2.80. The van der Waals surface area contributed by atoms with E-state index >= 15 is 0 Å². The lowest BCUT2D eigenvalue weighted by Crippen LogP contribution is -1.92. The third-order valence-electron chi connectivity index (χ3n) is 0.657. The molecular formula is C4H4BrNO. The summed E-state index contributed by atoms with van der Waals surface area (Å²) in [6.45, 7) is 0. The fourth-order valence-electron chi connectivity index (χ4n) is 0.365. The van der Waals surface area contributed by atoms with Crippen LogP contribution in [0.5, 0.6) is 0 Å². The average molecular weight is 162 g/mol. The molecule has 0 aromatic carbocycles. The Morgan fingerprint density at radius 3 is 2.14 bits per heavy atom. The summed E-state index contributed by atoms with van der Waals surface area (Å²) in [5.41, 5.74) is 0. The van der Waals surface area contributed by atoms with Gasteiger partial charge in [0.1, 0.15) is 0 Å². The maximum atomic E-state index is 4.58. The van der Waals surface area contributed by atoms with Gasteiger partial charge in [-0.1, -0.05) is 0 Å². The Morgan fingerprint density at radius 1 is 1.29 bits per heavy atom. The van der Waals surface area contributed by atoms with Gasteiger partial charge >= 0.3 is 0 Å². The Bertz CT molecular complexity index is 126. The van der Waals surface area contributed by atoms with Crippen LogP contribution in [0.25, 0.3) is 0 Å². The van der Waals surface area contributed by atoms with Crippen LogP contribution in [0.4, 0.5) is 0 Å². The number of halogens is 1. The molecule has 0 bridgehead atoms. The standard InChI is InChI=1S/C4H4BrNO/c5-7-6-3-1-2-4-6/h1-4H. The molecule has 0 spiro atoms. The molecule has 1 aromatic rings. The van der Waals surface area contributed by atoms with E-state index < -0.39 is 0 Å². The lowest BCUT2D eigenvalue weighted by Gasteiger charge is -1.89. The van der Waals surface area contributed by atoms with Gasteiger partial charge in [-0.2, -0.15) is 4.73 Å². The summed E-state index contributed by atoms with van der Waals surface area (Å²) in [6.07, 6.45) is 3.57. The van der Waals surface area contributed by atoms with Gasteiger partial charge in [-0.25, -0.2) is 0 Å². The van der Waals surface area contributed by atoms with Gasteiger partial charge in [0.15, 0.2) is 0 Å². The van der Waals surface area contributed by atoms with Crippen molar-refractivity contribution in [2.24, 2.45) is 0 Å². The molecule has 0 unspecified atom stereocenters. The minimum Gasteiger partial charge on any atom is -0.334 e. The van der Waals surface area contributed by atoms with Crippen molar-refractivity contribution in [3.63, 3.8) is 0 Å². The lowest BCUT2D eigenvalue weighted by molar-refractivity contribution is 0.345. The summed E-state index contributed by atoms with van der Waals surface area (Å²) in [5.74, 6) is 0. The van der Waals surface area contributed by atoms with Gasteiger partial charge in [0, 0.05) is 12.4 Å². The highest BCUT2D eigenvalue weighted by molar-refractivity contribution is 9.06. The molecule has 7 heavy (non-hydrogen) atoms. The molecule has 0 N–H and O–H groups in total. The molecule has 38 valence electrons. The molecule has 0 amide bonds. The monoisotopic (exact) mass is 161 g/mol. The molecule has 0 aliphatic carbocycles. The van der Waals surface area contributed by atoms with Gasteiger partial charge < -0.3 is 3.93 Å². The molecule has 0 aliphatic rings. The summed E-state index contributed by atoms with van der Waals surface area (Å²) in [6, 6.07) is 3.75. The maximum absolute atomic E-state index is 4.58. The van der Waals surface area contributed by atoms with E-state index in [1.807, 2.05) is 12.1 Å². The largest absolute Gasteiger partial charge is 0.334 e. The van der Waals surface area contributed by atoms with Crippen molar-refractivity contribution in [2.75, 3.05) is 0 Å². The van der Waals surface area contributed by atoms with Crippen LogP contribution < -0.4 is 3.93 Å². The quantitative estimate of drug-likeness (QED) is 0.605. The third-order valence-corrected chi connectivity index (χ3v) is 0.991. The topological polar surface area (TPSA) is 14.2 Å². The maximum Gasteiger partial charge on any atom is 0.212 e. The Balaban J connectivity index is 2.76. The van der Waals surface area contributed by atoms with E-state index in [-0.39, 0.29) is 0 Å². The van der Waals surface area contributed by atoms with E-state index in [9.17, 15) is 0 Å². The second-order valence-electron chi connectivity index (χ2n) is 1.11. The molecule has 0 atom stereocenters. The summed E-state index contributed by atoms with van der Waals surface area (Å²) < 4.78 is 6.12. The normalized spacial score (nSPS) is 8.71. The predicted octanol–water partition coefficient (Wildman–Crippen LogP) is 1.23. The van der Waals surface area contributed by atoms with Gasteiger partial charge in [0.2, 0.25) is 16.3 Å². The number of rotatable bonds is 1. The Kier molecular flexibility index (Phi) is 1.36. The molecule has 0 saturated heterocycles. The molecular weight excluding hydrogens is 158 g/mol. The van der Waals surface area contributed by atoms with Crippen LogP contribution in [-0.4, -0.2) is 4.73 Å². The first-order chi connectivity index (χ1) is 3.43. The minimum absolute atomic E-state index is 1.54. The van der Waals surface area contributed by atoms with Crippen molar-refractivity contribution in [3.05, 3.63) is 24.5 Å². The van der Waals surface area contributed by atoms with Crippen molar-refractivity contribution >= 4 is 16.3 Å². The average Bonchev–Trinajstić information content (AvgIpc) is 2.14. The molecule has 1 rings (SSSR count). The second kappa shape index (κ2) is 2.02. The van der Waals surface area contributed by atoms with Gasteiger partial charge in [-0.15, -0.1) is 0 Å². The second-order valence-corrected chi connectivity index (χ2v) is 1.40. The van der Waals surface area contributed by atoms with Crippen LogP contribution in [0.3, 0.4) is 0 Å². The summed E-state index contributed by atoms with van der Waals surface area (Å²) in [7, 11) is 0. The number of nitrogens with zero attached hydrogens (tertiary/aromatic N) is 1. The molecule has 1 heterocycles. The van der Waals surface area contributed by atoms with E-state index in [0.29, 0.717) is 0 Å². The molecule has 2 nitrogen and oxygen atoms in total. The fourth-order valence-corrected chi connectivity index (χ4v) is 0.558. The zero-order valence-electron chi connectivity index (χ0n) is 3.54. The van der Waals surface area contributed by atoms with Gasteiger partial charge in [0.25, 0.3) is 0 Å². The van der Waals surface area contributed by atoms with E-state index in [0.717, 1.165) is 0 Å². The Morgan fingerprint density at radius 2 is 1.86 bits per heavy atom. The summed E-state index contributed by atoms with van der Waals surface area (Å²) in [4.78, 5) is 0. The third kappa shape index (κ3) is 0.962. The van der Waals surface area contributed by atoms with E-state index in [1.165, 1.54) is 0 Å². The van der Waals surface area contributed by atoms with E-state index in [2.05, 4.69) is 20.2 Å². The molecule has 0 saturated carbocycles. The molecule has 0 fully saturated rings. The zero-order chi connectivity index (χ0) is 5.11. The summed E-state index contributed by atoms with van der Waals surface area (Å²) in [5, 5.41) is 0. The smallest absolute Gasteiger partial charge is 0.212 e. The predicted molar refractivity (Wildman–Crippen MR) is 29.9 cm³/mol. The minimum atomic E-state index is 1.54. The first-order valence-electron chi connectivity index (χ1n) is 1.85. The van der Waals surface area contributed by atoms with Crippen molar-refractivity contribution in [1.82, 2.24) is 4.73 Å². The van der Waals surface area contributed by atoms with Crippen LogP contribution in [0, 0.1) is 0 Å². The van der Waals surface area contributed by atoms with Gasteiger partial charge in [0.05, 0.1) is 0 Å². The number of hydrogen-bond acceptors (Lipinski definition) is 1. The molecule has 0 aliphatic heterocycles. The first-order valence-corrected chi connectivity index (χ1v) is 2.50. The van der Waals surface area contributed by atoms with Crippen LogP contribution in [0.1, 0.15) is 0 Å². The van der Waals surface area contributed by atoms with Crippen LogP contribution in [0.2, 0.25) is 0 Å². The van der Waals surface area contributed by atoms with Crippen molar-refractivity contribution in [1.29, 1.82) is 0 Å². The molecule has 3 heteroatoms.